The van der Waals surface area contributed by atoms with Crippen molar-refractivity contribution in [3.8, 4) is 17.6 Å². The molecule has 1 aromatic carbocycles. The fourth-order valence-electron chi connectivity index (χ4n) is 0.803. The molecule has 1 rings (SSSR count). The molecule has 0 radical (unpaired) electrons. The average Bonchev–Trinajstić information content (AvgIpc) is 2.01. The predicted molar refractivity (Wildman–Crippen MR) is 44.1 cm³/mol. The Labute approximate surface area is 78.2 Å². The second kappa shape index (κ2) is 3.75. The van der Waals surface area contributed by atoms with Crippen LogP contribution in [0.3, 0.4) is 0 Å². The van der Waals surface area contributed by atoms with Gasteiger partial charge in [-0.05, 0) is 0 Å². The molecule has 0 spiro atoms. The van der Waals surface area contributed by atoms with Crippen LogP contribution in [-0.2, 0) is 4.79 Å². The maximum atomic E-state index is 12.9. The molecule has 0 aromatic heterocycles. The summed E-state index contributed by atoms with van der Waals surface area (Å²) in [6.45, 7) is 0. The van der Waals surface area contributed by atoms with E-state index in [0.717, 1.165) is 0 Å². The number of amides is 1. The molecule has 0 bridgehead atoms. The lowest BCUT2D eigenvalue weighted by atomic mass is 10.2. The number of hydrogen-bond acceptors (Lipinski definition) is 2. The SMILES string of the molecule is NC(=O)C#Cc1c(F)cc(O)cc1F. The molecule has 0 heterocycles. The lowest BCUT2D eigenvalue weighted by Gasteiger charge is -1.97. The highest BCUT2D eigenvalue weighted by Gasteiger charge is 2.08. The third kappa shape index (κ3) is 2.20. The van der Waals surface area contributed by atoms with E-state index in [-0.39, 0.29) is 0 Å². The van der Waals surface area contributed by atoms with E-state index in [4.69, 9.17) is 5.11 Å². The molecule has 0 aliphatic heterocycles. The summed E-state index contributed by atoms with van der Waals surface area (Å²) in [5.74, 6) is 0.0818. The van der Waals surface area contributed by atoms with Gasteiger partial charge in [0.25, 0.3) is 5.91 Å². The standard InChI is InChI=1S/C9H5F2NO2/c10-7-3-5(13)4-8(11)6(7)1-2-9(12)14/h3-4,13H,(H2,12,14). The molecule has 5 heteroatoms. The van der Waals surface area contributed by atoms with Crippen LogP contribution in [0.1, 0.15) is 5.56 Å². The molecular formula is C9H5F2NO2. The van der Waals surface area contributed by atoms with Gasteiger partial charge in [0.15, 0.2) is 0 Å². The Balaban J connectivity index is 3.24. The summed E-state index contributed by atoms with van der Waals surface area (Å²) in [6.07, 6.45) is 0. The summed E-state index contributed by atoms with van der Waals surface area (Å²) in [4.78, 5) is 10.2. The monoisotopic (exact) mass is 197 g/mol. The normalized spacial score (nSPS) is 9.00. The maximum absolute atomic E-state index is 12.9. The van der Waals surface area contributed by atoms with Crippen LogP contribution >= 0.6 is 0 Å². The number of aromatic hydroxyl groups is 1. The predicted octanol–water partition coefficient (Wildman–Crippen LogP) is 0.507. The van der Waals surface area contributed by atoms with Gasteiger partial charge >= 0.3 is 0 Å². The zero-order chi connectivity index (χ0) is 10.7. The van der Waals surface area contributed by atoms with Crippen molar-refractivity contribution in [1.29, 1.82) is 0 Å². The summed E-state index contributed by atoms with van der Waals surface area (Å²) in [7, 11) is 0. The lowest BCUT2D eigenvalue weighted by molar-refractivity contribution is -0.112. The van der Waals surface area contributed by atoms with E-state index in [0.29, 0.717) is 12.1 Å². The van der Waals surface area contributed by atoms with E-state index in [1.807, 2.05) is 5.92 Å². The van der Waals surface area contributed by atoms with Crippen LogP contribution < -0.4 is 5.73 Å². The van der Waals surface area contributed by atoms with E-state index in [1.54, 1.807) is 5.92 Å². The second-order valence-electron chi connectivity index (χ2n) is 2.40. The van der Waals surface area contributed by atoms with Crippen LogP contribution in [0.2, 0.25) is 0 Å². The molecular weight excluding hydrogens is 192 g/mol. The van der Waals surface area contributed by atoms with Crippen LogP contribution in [0.4, 0.5) is 8.78 Å². The number of benzene rings is 1. The second-order valence-corrected chi connectivity index (χ2v) is 2.40. The fourth-order valence-corrected chi connectivity index (χ4v) is 0.803. The summed E-state index contributed by atoms with van der Waals surface area (Å²) in [5, 5.41) is 8.78. The number of hydrogen-bond donors (Lipinski definition) is 2. The summed E-state index contributed by atoms with van der Waals surface area (Å²) < 4.78 is 25.8. The molecule has 3 nitrogen and oxygen atoms in total. The molecule has 1 aromatic rings. The Morgan fingerprint density at radius 3 is 2.29 bits per heavy atom. The first kappa shape index (κ1) is 9.99. The summed E-state index contributed by atoms with van der Waals surface area (Å²) >= 11 is 0. The minimum atomic E-state index is -1.05. The van der Waals surface area contributed by atoms with Crippen molar-refractivity contribution in [2.45, 2.75) is 0 Å². The van der Waals surface area contributed by atoms with E-state index in [1.165, 1.54) is 0 Å². The quantitative estimate of drug-likeness (QED) is 0.595. The van der Waals surface area contributed by atoms with Gasteiger partial charge in [0, 0.05) is 18.1 Å². The molecule has 0 aliphatic rings. The topological polar surface area (TPSA) is 63.3 Å². The zero-order valence-corrected chi connectivity index (χ0v) is 6.84. The van der Waals surface area contributed by atoms with E-state index >= 15 is 0 Å². The molecule has 72 valence electrons. The Bertz CT molecular complexity index is 423. The first-order valence-electron chi connectivity index (χ1n) is 3.50. The number of carbonyl (C=O) groups excluding carboxylic acids is 1. The first-order valence-corrected chi connectivity index (χ1v) is 3.50. The van der Waals surface area contributed by atoms with E-state index in [9.17, 15) is 13.6 Å². The van der Waals surface area contributed by atoms with Gasteiger partial charge in [0.2, 0.25) is 0 Å². The van der Waals surface area contributed by atoms with Crippen molar-refractivity contribution in [2.24, 2.45) is 5.73 Å². The Morgan fingerprint density at radius 2 is 1.86 bits per heavy atom. The molecule has 0 fully saturated rings. The van der Waals surface area contributed by atoms with Crippen LogP contribution in [0.25, 0.3) is 0 Å². The lowest BCUT2D eigenvalue weighted by Crippen LogP contribution is -2.06. The average molecular weight is 197 g/mol. The highest BCUT2D eigenvalue weighted by atomic mass is 19.1. The number of halogens is 2. The molecule has 0 aliphatic carbocycles. The molecule has 0 saturated carbocycles. The van der Waals surface area contributed by atoms with Gasteiger partial charge in [0.1, 0.15) is 17.4 Å². The molecule has 3 N–H and O–H groups in total. The minimum Gasteiger partial charge on any atom is -0.508 e. The molecule has 0 saturated heterocycles. The van der Waals surface area contributed by atoms with Gasteiger partial charge in [-0.3, -0.25) is 4.79 Å². The zero-order valence-electron chi connectivity index (χ0n) is 6.84. The Kier molecular flexibility index (Phi) is 2.67. The van der Waals surface area contributed by atoms with Crippen molar-refractivity contribution >= 4 is 5.91 Å². The Morgan fingerprint density at radius 1 is 1.36 bits per heavy atom. The summed E-state index contributed by atoms with van der Waals surface area (Å²) in [5.41, 5.74) is 4.07. The van der Waals surface area contributed by atoms with Crippen LogP contribution in [0, 0.1) is 23.5 Å². The largest absolute Gasteiger partial charge is 0.508 e. The maximum Gasteiger partial charge on any atom is 0.293 e. The van der Waals surface area contributed by atoms with Crippen molar-refractivity contribution < 1.29 is 18.7 Å². The number of rotatable bonds is 0. The van der Waals surface area contributed by atoms with Crippen molar-refractivity contribution in [1.82, 2.24) is 0 Å². The van der Waals surface area contributed by atoms with Gasteiger partial charge in [-0.1, -0.05) is 5.92 Å². The highest BCUT2D eigenvalue weighted by Crippen LogP contribution is 2.18. The van der Waals surface area contributed by atoms with Gasteiger partial charge < -0.3 is 10.8 Å². The fraction of sp³-hybridized carbons (Fsp3) is 0. The van der Waals surface area contributed by atoms with Crippen LogP contribution in [0.5, 0.6) is 5.75 Å². The van der Waals surface area contributed by atoms with E-state index in [2.05, 4.69) is 5.73 Å². The number of carbonyl (C=O) groups is 1. The van der Waals surface area contributed by atoms with Gasteiger partial charge in [0.05, 0.1) is 5.56 Å². The number of nitrogens with two attached hydrogens (primary N) is 1. The molecule has 0 unspecified atom stereocenters. The van der Waals surface area contributed by atoms with E-state index < -0.39 is 28.9 Å². The first-order chi connectivity index (χ1) is 6.50. The number of phenolic OH excluding ortho intramolecular Hbond substituents is 1. The van der Waals surface area contributed by atoms with Crippen molar-refractivity contribution in [2.75, 3.05) is 0 Å². The van der Waals surface area contributed by atoms with Crippen LogP contribution in [-0.4, -0.2) is 11.0 Å². The van der Waals surface area contributed by atoms with Crippen molar-refractivity contribution in [3.63, 3.8) is 0 Å². The molecule has 14 heavy (non-hydrogen) atoms. The van der Waals surface area contributed by atoms with Crippen LogP contribution in [0.15, 0.2) is 12.1 Å². The molecule has 1 amide bonds. The smallest absolute Gasteiger partial charge is 0.293 e. The van der Waals surface area contributed by atoms with Crippen molar-refractivity contribution in [3.05, 3.63) is 29.3 Å². The van der Waals surface area contributed by atoms with Gasteiger partial charge in [-0.25, -0.2) is 8.78 Å². The number of primary amides is 1. The van der Waals surface area contributed by atoms with Gasteiger partial charge in [-0.2, -0.15) is 0 Å². The third-order valence-corrected chi connectivity index (χ3v) is 1.34. The highest BCUT2D eigenvalue weighted by molar-refractivity contribution is 5.92. The minimum absolute atomic E-state index is 0.551. The summed E-state index contributed by atoms with van der Waals surface area (Å²) in [6, 6.07) is 1.38. The number of phenols is 1. The molecule has 0 atom stereocenters. The third-order valence-electron chi connectivity index (χ3n) is 1.34. The Hall–Kier alpha value is -2.09. The van der Waals surface area contributed by atoms with Gasteiger partial charge in [-0.15, -0.1) is 0 Å².